The fourth-order valence-electron chi connectivity index (χ4n) is 3.48. The molecule has 0 radical (unpaired) electrons. The molecule has 0 unspecified atom stereocenters. The number of hydrogen-bond donors (Lipinski definition) is 1. The first-order valence-electron chi connectivity index (χ1n) is 10.2. The highest BCUT2D eigenvalue weighted by Crippen LogP contribution is 2.26. The Hall–Kier alpha value is -3.06. The smallest absolute Gasteiger partial charge is 0.274 e. The highest BCUT2D eigenvalue weighted by Gasteiger charge is 2.17. The predicted molar refractivity (Wildman–Crippen MR) is 121 cm³/mol. The number of nitrogens with one attached hydrogen (secondary N) is 1. The minimum Gasteiger partial charge on any atom is -0.347 e. The lowest BCUT2D eigenvalue weighted by molar-refractivity contribution is -0.121. The summed E-state index contributed by atoms with van der Waals surface area (Å²) in [7, 11) is 0. The van der Waals surface area contributed by atoms with E-state index >= 15 is 0 Å². The number of benzene rings is 2. The summed E-state index contributed by atoms with van der Waals surface area (Å²) in [6, 6.07) is 15.1. The van der Waals surface area contributed by atoms with E-state index < -0.39 is 0 Å². The van der Waals surface area contributed by atoms with Gasteiger partial charge in [-0.3, -0.25) is 9.59 Å². The third-order valence-electron chi connectivity index (χ3n) is 5.05. The third kappa shape index (κ3) is 4.11. The number of aryl methyl sites for hydroxylation is 1. The molecule has 6 nitrogen and oxygen atoms in total. The molecule has 0 aliphatic heterocycles. The second-order valence-electron chi connectivity index (χ2n) is 7.36. The second kappa shape index (κ2) is 8.75. The number of hydrogen-bond acceptors (Lipinski definition) is 5. The lowest BCUT2D eigenvalue weighted by atomic mass is 10.1. The maximum absolute atomic E-state index is 12.8. The van der Waals surface area contributed by atoms with E-state index in [0.29, 0.717) is 17.6 Å². The zero-order valence-corrected chi connectivity index (χ0v) is 17.9. The average Bonchev–Trinajstić information content (AvgIpc) is 3.19. The number of fused-ring (bicyclic) bond motifs is 2. The molecule has 2 heterocycles. The summed E-state index contributed by atoms with van der Waals surface area (Å²) in [5.41, 5.74) is 1.45. The Bertz CT molecular complexity index is 1230. The average molecular weight is 421 g/mol. The number of nitrogens with zero attached hydrogens (tertiary/aromatic N) is 3. The van der Waals surface area contributed by atoms with Crippen LogP contribution in [0, 0.1) is 0 Å². The Labute approximate surface area is 178 Å². The van der Waals surface area contributed by atoms with Crippen molar-refractivity contribution in [3.8, 4) is 0 Å². The molecule has 0 saturated carbocycles. The van der Waals surface area contributed by atoms with Gasteiger partial charge in [-0.2, -0.15) is 5.10 Å². The van der Waals surface area contributed by atoms with Crippen molar-refractivity contribution in [3.63, 3.8) is 0 Å². The SMILES string of the molecule is CCCCn1nc(CC(=O)N[C@@H](C)c2nc3ccccc3s2)c2ccccc2c1=O. The van der Waals surface area contributed by atoms with Gasteiger partial charge in [-0.25, -0.2) is 9.67 Å². The number of rotatable bonds is 7. The van der Waals surface area contributed by atoms with Crippen LogP contribution in [0.2, 0.25) is 0 Å². The minimum absolute atomic E-state index is 0.106. The lowest BCUT2D eigenvalue weighted by Crippen LogP contribution is -2.30. The molecule has 7 heteroatoms. The number of amides is 1. The number of para-hydroxylation sites is 1. The Balaban J connectivity index is 1.57. The molecule has 1 atom stereocenters. The Morgan fingerprint density at radius 1 is 1.13 bits per heavy atom. The Morgan fingerprint density at radius 2 is 1.87 bits per heavy atom. The molecule has 0 spiro atoms. The van der Waals surface area contributed by atoms with E-state index in [1.54, 1.807) is 17.4 Å². The maximum Gasteiger partial charge on any atom is 0.274 e. The maximum atomic E-state index is 12.8. The van der Waals surface area contributed by atoms with Gasteiger partial charge in [0, 0.05) is 11.9 Å². The Kier molecular flexibility index (Phi) is 5.90. The van der Waals surface area contributed by atoms with Crippen molar-refractivity contribution in [2.24, 2.45) is 0 Å². The van der Waals surface area contributed by atoms with Crippen LogP contribution in [0.3, 0.4) is 0 Å². The van der Waals surface area contributed by atoms with Crippen LogP contribution in [0.25, 0.3) is 21.0 Å². The molecule has 30 heavy (non-hydrogen) atoms. The van der Waals surface area contributed by atoms with Gasteiger partial charge in [0.25, 0.3) is 5.56 Å². The normalized spacial score (nSPS) is 12.3. The van der Waals surface area contributed by atoms with Crippen molar-refractivity contribution < 1.29 is 4.79 Å². The van der Waals surface area contributed by atoms with Crippen molar-refractivity contribution in [1.82, 2.24) is 20.1 Å². The van der Waals surface area contributed by atoms with E-state index in [-0.39, 0.29) is 23.9 Å². The highest BCUT2D eigenvalue weighted by molar-refractivity contribution is 7.18. The molecule has 0 fully saturated rings. The van der Waals surface area contributed by atoms with Gasteiger partial charge in [0.2, 0.25) is 5.91 Å². The van der Waals surface area contributed by atoms with Gasteiger partial charge in [0.1, 0.15) is 5.01 Å². The largest absolute Gasteiger partial charge is 0.347 e. The van der Waals surface area contributed by atoms with Crippen LogP contribution in [-0.2, 0) is 17.8 Å². The summed E-state index contributed by atoms with van der Waals surface area (Å²) >= 11 is 1.58. The standard InChI is InChI=1S/C23H24N4O2S/c1-3-4-13-27-23(29)17-10-6-5-9-16(17)19(26-27)14-21(28)24-15(2)22-25-18-11-7-8-12-20(18)30-22/h5-12,15H,3-4,13-14H2,1-2H3,(H,24,28)/t15-/m0/s1. The van der Waals surface area contributed by atoms with Crippen LogP contribution >= 0.6 is 11.3 Å². The summed E-state index contributed by atoms with van der Waals surface area (Å²) in [4.78, 5) is 30.1. The van der Waals surface area contributed by atoms with Crippen molar-refractivity contribution >= 4 is 38.2 Å². The van der Waals surface area contributed by atoms with Crippen molar-refractivity contribution in [1.29, 1.82) is 0 Å². The molecule has 0 aliphatic rings. The number of aromatic nitrogens is 3. The van der Waals surface area contributed by atoms with Crippen LogP contribution < -0.4 is 10.9 Å². The summed E-state index contributed by atoms with van der Waals surface area (Å²) in [5, 5.41) is 9.76. The van der Waals surface area contributed by atoms with E-state index in [0.717, 1.165) is 33.5 Å². The van der Waals surface area contributed by atoms with Gasteiger partial charge in [-0.15, -0.1) is 11.3 Å². The predicted octanol–water partition coefficient (Wildman–Crippen LogP) is 4.23. The lowest BCUT2D eigenvalue weighted by Gasteiger charge is -2.13. The number of unbranched alkanes of at least 4 members (excludes halogenated alkanes) is 1. The fourth-order valence-corrected chi connectivity index (χ4v) is 4.45. The summed E-state index contributed by atoms with van der Waals surface area (Å²) in [6.07, 6.45) is 1.95. The third-order valence-corrected chi connectivity index (χ3v) is 6.27. The molecule has 4 rings (SSSR count). The van der Waals surface area contributed by atoms with E-state index in [9.17, 15) is 9.59 Å². The molecular formula is C23H24N4O2S. The van der Waals surface area contributed by atoms with Crippen LogP contribution in [0.1, 0.15) is 43.4 Å². The molecule has 0 saturated heterocycles. The van der Waals surface area contributed by atoms with Crippen molar-refractivity contribution in [2.75, 3.05) is 0 Å². The van der Waals surface area contributed by atoms with Crippen LogP contribution in [0.15, 0.2) is 53.3 Å². The topological polar surface area (TPSA) is 76.9 Å². The van der Waals surface area contributed by atoms with Crippen LogP contribution in [0.5, 0.6) is 0 Å². The summed E-state index contributed by atoms with van der Waals surface area (Å²) < 4.78 is 2.59. The van der Waals surface area contributed by atoms with E-state index in [2.05, 4.69) is 22.3 Å². The molecular weight excluding hydrogens is 396 g/mol. The van der Waals surface area contributed by atoms with E-state index in [4.69, 9.17) is 0 Å². The molecule has 1 amide bonds. The first kappa shape index (κ1) is 20.2. The second-order valence-corrected chi connectivity index (χ2v) is 8.42. The number of carbonyl (C=O) groups is 1. The van der Waals surface area contributed by atoms with Gasteiger partial charge >= 0.3 is 0 Å². The molecule has 0 bridgehead atoms. The summed E-state index contributed by atoms with van der Waals surface area (Å²) in [5.74, 6) is -0.139. The molecule has 2 aromatic carbocycles. The monoisotopic (exact) mass is 420 g/mol. The Morgan fingerprint density at radius 3 is 2.63 bits per heavy atom. The molecule has 4 aromatic rings. The number of carbonyl (C=O) groups excluding carboxylic acids is 1. The summed E-state index contributed by atoms with van der Waals surface area (Å²) in [6.45, 7) is 4.56. The van der Waals surface area contributed by atoms with E-state index in [1.165, 1.54) is 4.68 Å². The quantitative estimate of drug-likeness (QED) is 0.485. The van der Waals surface area contributed by atoms with Crippen LogP contribution in [0.4, 0.5) is 0 Å². The first-order chi connectivity index (χ1) is 14.6. The zero-order chi connectivity index (χ0) is 21.1. The number of thiazole rings is 1. The van der Waals surface area contributed by atoms with Gasteiger partial charge in [-0.05, 0) is 31.5 Å². The van der Waals surface area contributed by atoms with Gasteiger partial charge in [0.05, 0.1) is 33.8 Å². The van der Waals surface area contributed by atoms with Gasteiger partial charge < -0.3 is 5.32 Å². The minimum atomic E-state index is -0.202. The fraction of sp³-hybridized carbons (Fsp3) is 0.304. The van der Waals surface area contributed by atoms with Gasteiger partial charge in [0.15, 0.2) is 0 Å². The molecule has 0 aliphatic carbocycles. The van der Waals surface area contributed by atoms with E-state index in [1.807, 2.05) is 49.4 Å². The molecule has 1 N–H and O–H groups in total. The molecule has 2 aromatic heterocycles. The zero-order valence-electron chi connectivity index (χ0n) is 17.1. The van der Waals surface area contributed by atoms with Crippen molar-refractivity contribution in [3.05, 3.63) is 69.6 Å². The van der Waals surface area contributed by atoms with Crippen LogP contribution in [-0.4, -0.2) is 20.7 Å². The molecule has 154 valence electrons. The van der Waals surface area contributed by atoms with Crippen molar-refractivity contribution in [2.45, 2.75) is 45.7 Å². The van der Waals surface area contributed by atoms with Gasteiger partial charge in [-0.1, -0.05) is 43.7 Å². The first-order valence-corrected chi connectivity index (χ1v) is 11.0. The highest BCUT2D eigenvalue weighted by atomic mass is 32.1.